The lowest BCUT2D eigenvalue weighted by Crippen LogP contribution is -2.48. The maximum Gasteiger partial charge on any atom is 0.270 e. The van der Waals surface area contributed by atoms with Crippen molar-refractivity contribution in [2.75, 3.05) is 12.3 Å². The van der Waals surface area contributed by atoms with Gasteiger partial charge in [0.2, 0.25) is 0 Å². The van der Waals surface area contributed by atoms with Crippen LogP contribution in [0.4, 0.5) is 10.2 Å². The van der Waals surface area contributed by atoms with E-state index in [1.807, 2.05) is 0 Å². The Bertz CT molecular complexity index is 653. The first kappa shape index (κ1) is 15.2. The van der Waals surface area contributed by atoms with Gasteiger partial charge in [0.05, 0.1) is 6.61 Å². The van der Waals surface area contributed by atoms with Crippen molar-refractivity contribution < 1.29 is 24.5 Å². The number of nitrogens with zero attached hydrogens (tertiary/aromatic N) is 3. The largest absolute Gasteiger partial charge is 0.408 e. The molecule has 2 heterocycles. The van der Waals surface area contributed by atoms with Crippen molar-refractivity contribution in [2.45, 2.75) is 30.5 Å². The van der Waals surface area contributed by atoms with E-state index in [0.29, 0.717) is 0 Å². The van der Waals surface area contributed by atoms with Crippen LogP contribution in [-0.4, -0.2) is 49.0 Å². The first-order chi connectivity index (χ1) is 9.82. The van der Waals surface area contributed by atoms with Crippen molar-refractivity contribution in [2.24, 2.45) is 5.16 Å². The van der Waals surface area contributed by atoms with E-state index in [-0.39, 0.29) is 11.4 Å². The Balaban J connectivity index is 2.59. The molecule has 2 rings (SSSR count). The quantitative estimate of drug-likeness (QED) is 0.307. The highest BCUT2D eigenvalue weighted by molar-refractivity contribution is 5.25. The predicted molar refractivity (Wildman–Crippen MR) is 68.3 cm³/mol. The first-order valence-electron chi connectivity index (χ1n) is 5.98. The topological polar surface area (TPSA) is 126 Å². The Morgan fingerprint density at radius 2 is 2.38 bits per heavy atom. The molecule has 5 N–H and O–H groups in total. The highest BCUT2D eigenvalue weighted by Crippen LogP contribution is 2.45. The summed E-state index contributed by atoms with van der Waals surface area (Å²) in [5, 5.41) is 31.2. The second-order valence-corrected chi connectivity index (χ2v) is 4.88. The van der Waals surface area contributed by atoms with Crippen LogP contribution in [0.15, 0.2) is 17.4 Å². The molecule has 21 heavy (non-hydrogen) atoms. The Morgan fingerprint density at radius 3 is 2.86 bits per heavy atom. The SMILES string of the molecule is C#C[C@]1(CO)O[C@@H](n2ccc(N)n/c2=N\O)[C@](C)(F)[C@@H]1O. The van der Waals surface area contributed by atoms with Crippen LogP contribution in [0.25, 0.3) is 0 Å². The number of halogens is 1. The highest BCUT2D eigenvalue weighted by atomic mass is 19.1. The van der Waals surface area contributed by atoms with E-state index in [2.05, 4.69) is 16.1 Å². The predicted octanol–water partition coefficient (Wildman–Crippen LogP) is -1.26. The first-order valence-corrected chi connectivity index (χ1v) is 5.98. The van der Waals surface area contributed by atoms with Crippen molar-refractivity contribution in [3.8, 4) is 12.3 Å². The molecule has 1 aliphatic rings. The maximum absolute atomic E-state index is 14.9. The van der Waals surface area contributed by atoms with Crippen molar-refractivity contribution in [3.63, 3.8) is 0 Å². The van der Waals surface area contributed by atoms with E-state index < -0.39 is 30.2 Å². The molecule has 0 unspecified atom stereocenters. The number of hydrogen-bond donors (Lipinski definition) is 4. The lowest BCUT2D eigenvalue weighted by Gasteiger charge is -2.26. The summed E-state index contributed by atoms with van der Waals surface area (Å²) in [7, 11) is 0. The molecular weight excluding hydrogens is 283 g/mol. The lowest BCUT2D eigenvalue weighted by molar-refractivity contribution is -0.0958. The molecule has 8 nitrogen and oxygen atoms in total. The fourth-order valence-electron chi connectivity index (χ4n) is 2.27. The number of terminal acetylenes is 1. The van der Waals surface area contributed by atoms with Gasteiger partial charge in [-0.2, -0.15) is 4.98 Å². The number of nitrogens with two attached hydrogens (primary N) is 1. The average Bonchev–Trinajstić information content (AvgIpc) is 2.68. The van der Waals surface area contributed by atoms with Crippen LogP contribution in [0.2, 0.25) is 0 Å². The van der Waals surface area contributed by atoms with Crippen LogP contribution in [0.3, 0.4) is 0 Å². The number of aliphatic hydroxyl groups is 2. The molecule has 1 saturated heterocycles. The van der Waals surface area contributed by atoms with Gasteiger partial charge in [-0.05, 0) is 18.1 Å². The van der Waals surface area contributed by atoms with Crippen LogP contribution in [0.5, 0.6) is 0 Å². The molecule has 0 radical (unpaired) electrons. The number of hydrogen-bond acceptors (Lipinski definition) is 7. The van der Waals surface area contributed by atoms with Gasteiger partial charge in [-0.3, -0.25) is 4.57 Å². The van der Waals surface area contributed by atoms with Gasteiger partial charge in [0.15, 0.2) is 17.5 Å². The zero-order chi connectivity index (χ0) is 15.8. The minimum Gasteiger partial charge on any atom is -0.408 e. The van der Waals surface area contributed by atoms with Crippen LogP contribution in [0.1, 0.15) is 13.2 Å². The summed E-state index contributed by atoms with van der Waals surface area (Å²) < 4.78 is 21.2. The number of rotatable bonds is 2. The van der Waals surface area contributed by atoms with Crippen molar-refractivity contribution in [1.29, 1.82) is 0 Å². The minimum absolute atomic E-state index is 0.0449. The Hall–Kier alpha value is -2.15. The molecule has 0 amide bonds. The second kappa shape index (κ2) is 5.00. The second-order valence-electron chi connectivity index (χ2n) is 4.88. The summed E-state index contributed by atoms with van der Waals surface area (Å²) in [6, 6.07) is 1.33. The molecule has 0 bridgehead atoms. The summed E-state index contributed by atoms with van der Waals surface area (Å²) in [4.78, 5) is 3.71. The van der Waals surface area contributed by atoms with Gasteiger partial charge in [-0.1, -0.05) is 5.92 Å². The zero-order valence-corrected chi connectivity index (χ0v) is 11.1. The van der Waals surface area contributed by atoms with Crippen molar-refractivity contribution in [3.05, 3.63) is 17.9 Å². The molecular formula is C12H15FN4O4. The van der Waals surface area contributed by atoms with Gasteiger partial charge < -0.3 is 25.9 Å². The van der Waals surface area contributed by atoms with E-state index in [9.17, 15) is 14.6 Å². The molecule has 9 heteroatoms. The van der Waals surface area contributed by atoms with Crippen LogP contribution in [0, 0.1) is 12.3 Å². The van der Waals surface area contributed by atoms with E-state index in [1.165, 1.54) is 12.3 Å². The van der Waals surface area contributed by atoms with Gasteiger partial charge in [0.25, 0.3) is 5.62 Å². The molecule has 0 aliphatic carbocycles. The number of aliphatic hydroxyl groups excluding tert-OH is 2. The molecule has 1 aromatic rings. The Kier molecular flexibility index (Phi) is 3.63. The highest BCUT2D eigenvalue weighted by Gasteiger charge is 2.62. The molecule has 0 saturated carbocycles. The fraction of sp³-hybridized carbons (Fsp3) is 0.500. The summed E-state index contributed by atoms with van der Waals surface area (Å²) >= 11 is 0. The van der Waals surface area contributed by atoms with Gasteiger partial charge in [0, 0.05) is 6.20 Å². The third-order valence-corrected chi connectivity index (χ3v) is 3.47. The molecule has 1 aliphatic heterocycles. The summed E-state index contributed by atoms with van der Waals surface area (Å²) in [6.45, 7) is 0.275. The third kappa shape index (κ3) is 2.13. The molecule has 1 fully saturated rings. The number of aromatic nitrogens is 2. The molecule has 114 valence electrons. The monoisotopic (exact) mass is 298 g/mol. The number of alkyl halides is 1. The van der Waals surface area contributed by atoms with Crippen molar-refractivity contribution >= 4 is 5.82 Å². The average molecular weight is 298 g/mol. The molecule has 0 spiro atoms. The maximum atomic E-state index is 14.9. The Morgan fingerprint density at radius 1 is 1.71 bits per heavy atom. The summed E-state index contributed by atoms with van der Waals surface area (Å²) in [6.07, 6.45) is 3.27. The van der Waals surface area contributed by atoms with Crippen molar-refractivity contribution in [1.82, 2.24) is 9.55 Å². The van der Waals surface area contributed by atoms with E-state index in [0.717, 1.165) is 11.5 Å². The van der Waals surface area contributed by atoms with E-state index >= 15 is 0 Å². The van der Waals surface area contributed by atoms with Crippen LogP contribution >= 0.6 is 0 Å². The van der Waals surface area contributed by atoms with Gasteiger partial charge in [-0.15, -0.1) is 6.42 Å². The van der Waals surface area contributed by atoms with E-state index in [4.69, 9.17) is 22.1 Å². The lowest BCUT2D eigenvalue weighted by atomic mass is 9.89. The fourth-order valence-corrected chi connectivity index (χ4v) is 2.27. The number of ether oxygens (including phenoxy) is 1. The van der Waals surface area contributed by atoms with E-state index in [1.54, 1.807) is 0 Å². The summed E-state index contributed by atoms with van der Waals surface area (Å²) in [5.41, 5.74) is 0.847. The molecule has 4 atom stereocenters. The number of anilines is 1. The zero-order valence-electron chi connectivity index (χ0n) is 11.1. The normalized spacial score (nSPS) is 36.6. The molecule has 1 aromatic heterocycles. The van der Waals surface area contributed by atoms with Gasteiger partial charge in [0.1, 0.15) is 11.9 Å². The van der Waals surface area contributed by atoms with Crippen LogP contribution in [-0.2, 0) is 4.74 Å². The van der Waals surface area contributed by atoms with Crippen LogP contribution < -0.4 is 11.4 Å². The Labute approximate surface area is 119 Å². The summed E-state index contributed by atoms with van der Waals surface area (Å²) in [5.74, 6) is 2.11. The third-order valence-electron chi connectivity index (χ3n) is 3.47. The molecule has 0 aromatic carbocycles. The smallest absolute Gasteiger partial charge is 0.270 e. The number of nitrogen functional groups attached to an aromatic ring is 1. The minimum atomic E-state index is -2.36. The van der Waals surface area contributed by atoms with Gasteiger partial charge >= 0.3 is 0 Å². The van der Waals surface area contributed by atoms with Gasteiger partial charge in [-0.25, -0.2) is 4.39 Å². The standard InChI is InChI=1S/C12H15FN4O4/c1-3-12(6-18)8(19)11(2,13)9(21-12)17-5-4-7(14)15-10(17)16-20/h1,4-5,8-9,18-20H,6H2,2H3,(H2,14,15,16)/t8-,9+,11+,12+/m0/s1.